The Morgan fingerprint density at radius 3 is 2.63 bits per heavy atom. The number of carbonyl (C=O) groups is 1. The largest absolute Gasteiger partial charge is 0.496 e. The van der Waals surface area contributed by atoms with Crippen LogP contribution in [-0.2, 0) is 0 Å². The molecule has 1 aromatic rings. The molecule has 1 aromatic carbocycles. The maximum absolute atomic E-state index is 12.2. The Labute approximate surface area is 114 Å². The summed E-state index contributed by atoms with van der Waals surface area (Å²) in [5.74, 6) is 0.566. The van der Waals surface area contributed by atoms with Crippen LogP contribution in [-0.4, -0.2) is 33.2 Å². The van der Waals surface area contributed by atoms with Gasteiger partial charge in [-0.1, -0.05) is 18.6 Å². The van der Waals surface area contributed by atoms with Crippen molar-refractivity contribution in [1.82, 2.24) is 10.6 Å². The van der Waals surface area contributed by atoms with Gasteiger partial charge in [-0.25, -0.2) is 0 Å². The van der Waals surface area contributed by atoms with E-state index < -0.39 is 0 Å². The fourth-order valence-electron chi connectivity index (χ4n) is 2.66. The molecular weight excluding hydrogens is 240 g/mol. The van der Waals surface area contributed by atoms with E-state index in [9.17, 15) is 4.79 Å². The summed E-state index contributed by atoms with van der Waals surface area (Å²) in [5, 5.41) is 6.26. The average molecular weight is 262 g/mol. The summed E-state index contributed by atoms with van der Waals surface area (Å²) >= 11 is 0. The van der Waals surface area contributed by atoms with E-state index in [1.165, 1.54) is 19.3 Å². The van der Waals surface area contributed by atoms with Crippen molar-refractivity contribution >= 4 is 5.91 Å². The minimum atomic E-state index is -0.0557. The van der Waals surface area contributed by atoms with Crippen LogP contribution in [0.1, 0.15) is 29.6 Å². The summed E-state index contributed by atoms with van der Waals surface area (Å²) in [7, 11) is 3.54. The van der Waals surface area contributed by atoms with Gasteiger partial charge < -0.3 is 15.4 Å². The third-order valence-corrected chi connectivity index (χ3v) is 3.94. The highest BCUT2D eigenvalue weighted by molar-refractivity contribution is 5.96. The Balaban J connectivity index is 1.97. The highest BCUT2D eigenvalue weighted by atomic mass is 16.5. The Hall–Kier alpha value is -1.55. The van der Waals surface area contributed by atoms with Gasteiger partial charge in [-0.15, -0.1) is 0 Å². The minimum absolute atomic E-state index is 0.0557. The first kappa shape index (κ1) is 13.9. The van der Waals surface area contributed by atoms with Crippen molar-refractivity contribution < 1.29 is 9.53 Å². The smallest absolute Gasteiger partial charge is 0.255 e. The Morgan fingerprint density at radius 1 is 1.32 bits per heavy atom. The lowest BCUT2D eigenvalue weighted by atomic mass is 9.68. The van der Waals surface area contributed by atoms with Gasteiger partial charge in [0, 0.05) is 18.5 Å². The molecule has 1 saturated carbocycles. The number of ether oxygens (including phenoxy) is 1. The fourth-order valence-corrected chi connectivity index (χ4v) is 2.66. The number of benzene rings is 1. The van der Waals surface area contributed by atoms with Crippen molar-refractivity contribution in [2.24, 2.45) is 5.41 Å². The molecule has 2 N–H and O–H groups in total. The van der Waals surface area contributed by atoms with Gasteiger partial charge in [0.2, 0.25) is 0 Å². The van der Waals surface area contributed by atoms with E-state index in [2.05, 4.69) is 10.6 Å². The van der Waals surface area contributed by atoms with E-state index in [1.807, 2.05) is 25.2 Å². The predicted octanol–water partition coefficient (Wildman–Crippen LogP) is 1.81. The molecule has 4 nitrogen and oxygen atoms in total. The number of hydrogen-bond acceptors (Lipinski definition) is 3. The average Bonchev–Trinajstić information content (AvgIpc) is 2.41. The molecule has 0 bridgehead atoms. The topological polar surface area (TPSA) is 50.4 Å². The molecule has 4 heteroatoms. The van der Waals surface area contributed by atoms with Crippen molar-refractivity contribution in [3.63, 3.8) is 0 Å². The molecule has 19 heavy (non-hydrogen) atoms. The van der Waals surface area contributed by atoms with Crippen LogP contribution < -0.4 is 15.4 Å². The zero-order valence-corrected chi connectivity index (χ0v) is 11.7. The number of hydrogen-bond donors (Lipinski definition) is 2. The van der Waals surface area contributed by atoms with Crippen LogP contribution in [0.15, 0.2) is 24.3 Å². The van der Waals surface area contributed by atoms with Gasteiger partial charge in [0.15, 0.2) is 0 Å². The third-order valence-electron chi connectivity index (χ3n) is 3.94. The van der Waals surface area contributed by atoms with Crippen molar-refractivity contribution in [3.05, 3.63) is 29.8 Å². The van der Waals surface area contributed by atoms with Gasteiger partial charge in [-0.05, 0) is 32.0 Å². The summed E-state index contributed by atoms with van der Waals surface area (Å²) in [6.07, 6.45) is 3.62. The Bertz CT molecular complexity index is 442. The Morgan fingerprint density at radius 2 is 2.05 bits per heavy atom. The summed E-state index contributed by atoms with van der Waals surface area (Å²) in [6.45, 7) is 1.68. The summed E-state index contributed by atoms with van der Waals surface area (Å²) in [4.78, 5) is 12.2. The van der Waals surface area contributed by atoms with Gasteiger partial charge in [-0.2, -0.15) is 0 Å². The second-order valence-electron chi connectivity index (χ2n) is 5.27. The van der Waals surface area contributed by atoms with Gasteiger partial charge in [0.25, 0.3) is 5.91 Å². The normalized spacial score (nSPS) is 16.5. The van der Waals surface area contributed by atoms with Gasteiger partial charge >= 0.3 is 0 Å². The van der Waals surface area contributed by atoms with Crippen molar-refractivity contribution in [3.8, 4) is 5.75 Å². The summed E-state index contributed by atoms with van der Waals surface area (Å²) in [5.41, 5.74) is 0.843. The highest BCUT2D eigenvalue weighted by Gasteiger charge is 2.36. The predicted molar refractivity (Wildman–Crippen MR) is 75.5 cm³/mol. The molecule has 0 heterocycles. The number of para-hydroxylation sites is 1. The van der Waals surface area contributed by atoms with Gasteiger partial charge in [0.05, 0.1) is 12.7 Å². The molecule has 1 aliphatic carbocycles. The van der Waals surface area contributed by atoms with E-state index in [0.717, 1.165) is 13.1 Å². The molecule has 0 radical (unpaired) electrons. The fraction of sp³-hybridized carbons (Fsp3) is 0.533. The van der Waals surface area contributed by atoms with Crippen LogP contribution in [0.3, 0.4) is 0 Å². The third kappa shape index (κ3) is 3.07. The number of carbonyl (C=O) groups excluding carboxylic acids is 1. The van der Waals surface area contributed by atoms with E-state index in [4.69, 9.17) is 4.74 Å². The molecule has 0 unspecified atom stereocenters. The zero-order chi connectivity index (χ0) is 13.7. The molecule has 0 saturated heterocycles. The van der Waals surface area contributed by atoms with Crippen molar-refractivity contribution in [1.29, 1.82) is 0 Å². The molecule has 0 atom stereocenters. The van der Waals surface area contributed by atoms with Gasteiger partial charge in [-0.3, -0.25) is 4.79 Å². The molecule has 2 rings (SSSR count). The lowest BCUT2D eigenvalue weighted by Gasteiger charge is -2.42. The summed E-state index contributed by atoms with van der Waals surface area (Å²) in [6, 6.07) is 7.31. The molecule has 0 spiro atoms. The number of nitrogens with one attached hydrogen (secondary N) is 2. The van der Waals surface area contributed by atoms with E-state index in [0.29, 0.717) is 11.3 Å². The lowest BCUT2D eigenvalue weighted by Crippen LogP contribution is -2.47. The van der Waals surface area contributed by atoms with Gasteiger partial charge in [0.1, 0.15) is 5.75 Å². The molecule has 0 aliphatic heterocycles. The van der Waals surface area contributed by atoms with Crippen LogP contribution in [0.5, 0.6) is 5.75 Å². The first-order chi connectivity index (χ1) is 9.21. The van der Waals surface area contributed by atoms with E-state index >= 15 is 0 Å². The van der Waals surface area contributed by atoms with Crippen LogP contribution >= 0.6 is 0 Å². The van der Waals surface area contributed by atoms with Crippen LogP contribution in [0.25, 0.3) is 0 Å². The zero-order valence-electron chi connectivity index (χ0n) is 11.7. The monoisotopic (exact) mass is 262 g/mol. The summed E-state index contributed by atoms with van der Waals surface area (Å²) < 4.78 is 5.21. The number of methoxy groups -OCH3 is 1. The maximum Gasteiger partial charge on any atom is 0.255 e. The second kappa shape index (κ2) is 6.06. The molecule has 1 fully saturated rings. The van der Waals surface area contributed by atoms with Crippen LogP contribution in [0.4, 0.5) is 0 Å². The minimum Gasteiger partial charge on any atom is -0.496 e. The first-order valence-corrected chi connectivity index (χ1v) is 6.77. The molecular formula is C15H22N2O2. The standard InChI is InChI=1S/C15H22N2O2/c1-16-10-15(8-5-9-15)11-17-14(18)12-6-3-4-7-13(12)19-2/h3-4,6-7,16H,5,8-11H2,1-2H3,(H,17,18). The van der Waals surface area contributed by atoms with E-state index in [-0.39, 0.29) is 11.3 Å². The quantitative estimate of drug-likeness (QED) is 0.822. The van der Waals surface area contributed by atoms with E-state index in [1.54, 1.807) is 13.2 Å². The molecule has 1 amide bonds. The van der Waals surface area contributed by atoms with Crippen LogP contribution in [0, 0.1) is 5.41 Å². The molecule has 1 aliphatic rings. The van der Waals surface area contributed by atoms with Crippen molar-refractivity contribution in [2.75, 3.05) is 27.2 Å². The number of rotatable bonds is 6. The molecule has 104 valence electrons. The first-order valence-electron chi connectivity index (χ1n) is 6.77. The van der Waals surface area contributed by atoms with Crippen LogP contribution in [0.2, 0.25) is 0 Å². The van der Waals surface area contributed by atoms with Crippen molar-refractivity contribution in [2.45, 2.75) is 19.3 Å². The highest BCUT2D eigenvalue weighted by Crippen LogP contribution is 2.39. The Kier molecular flexibility index (Phi) is 4.43. The lowest BCUT2D eigenvalue weighted by molar-refractivity contribution is 0.0859. The number of amides is 1. The maximum atomic E-state index is 12.2. The second-order valence-corrected chi connectivity index (χ2v) is 5.27. The molecule has 0 aromatic heterocycles. The SMILES string of the molecule is CNCC1(CNC(=O)c2ccccc2OC)CCC1.